The fourth-order valence-corrected chi connectivity index (χ4v) is 1.83. The van der Waals surface area contributed by atoms with Crippen LogP contribution < -0.4 is 10.1 Å². The first-order valence-corrected chi connectivity index (χ1v) is 5.47. The Labute approximate surface area is 95.5 Å². The number of rotatable bonds is 3. The van der Waals surface area contributed by atoms with Crippen LogP contribution in [0.1, 0.15) is 12.6 Å². The lowest BCUT2D eigenvalue weighted by Crippen LogP contribution is -1.97. The summed E-state index contributed by atoms with van der Waals surface area (Å²) in [6.45, 7) is 4.63. The summed E-state index contributed by atoms with van der Waals surface area (Å²) in [4.78, 5) is 4.54. The molecule has 3 nitrogen and oxygen atoms in total. The van der Waals surface area contributed by atoms with Crippen LogP contribution in [0.3, 0.4) is 0 Å². The number of aryl methyl sites for hydroxylation is 1. The van der Waals surface area contributed by atoms with E-state index in [0.29, 0.717) is 6.61 Å². The van der Waals surface area contributed by atoms with Crippen molar-refractivity contribution < 1.29 is 4.74 Å². The van der Waals surface area contributed by atoms with Gasteiger partial charge in [-0.05, 0) is 26.0 Å². The average molecular weight is 216 g/mol. The maximum absolute atomic E-state index is 5.58. The van der Waals surface area contributed by atoms with Crippen LogP contribution in [0.2, 0.25) is 0 Å². The minimum absolute atomic E-state index is 0.656. The fraction of sp³-hybridized carbons (Fsp3) is 0.308. The van der Waals surface area contributed by atoms with Crippen LogP contribution in [0.25, 0.3) is 10.9 Å². The third-order valence-corrected chi connectivity index (χ3v) is 2.50. The maximum atomic E-state index is 5.58. The number of hydrogen-bond acceptors (Lipinski definition) is 3. The van der Waals surface area contributed by atoms with E-state index in [0.717, 1.165) is 28.0 Å². The zero-order valence-corrected chi connectivity index (χ0v) is 9.87. The first-order valence-electron chi connectivity index (χ1n) is 5.47. The Kier molecular flexibility index (Phi) is 2.95. The van der Waals surface area contributed by atoms with Crippen molar-refractivity contribution in [2.75, 3.05) is 19.0 Å². The largest absolute Gasteiger partial charge is 0.492 e. The summed E-state index contributed by atoms with van der Waals surface area (Å²) in [6, 6.07) is 8.04. The zero-order chi connectivity index (χ0) is 11.5. The molecule has 1 aromatic carbocycles. The molecule has 1 heterocycles. The van der Waals surface area contributed by atoms with Crippen molar-refractivity contribution in [3.05, 3.63) is 30.0 Å². The predicted octanol–water partition coefficient (Wildman–Crippen LogP) is 2.98. The number of nitrogens with one attached hydrogen (secondary N) is 1. The SMILES string of the molecule is CCOc1cccc2c(NC)cc(C)nc12. The van der Waals surface area contributed by atoms with Crippen molar-refractivity contribution >= 4 is 16.6 Å². The van der Waals surface area contributed by atoms with Gasteiger partial charge < -0.3 is 10.1 Å². The summed E-state index contributed by atoms with van der Waals surface area (Å²) in [6.07, 6.45) is 0. The minimum atomic E-state index is 0.656. The van der Waals surface area contributed by atoms with E-state index in [2.05, 4.69) is 16.4 Å². The lowest BCUT2D eigenvalue weighted by Gasteiger charge is -2.10. The summed E-state index contributed by atoms with van der Waals surface area (Å²) in [7, 11) is 1.92. The molecule has 0 fully saturated rings. The van der Waals surface area contributed by atoms with Gasteiger partial charge in [0.15, 0.2) is 0 Å². The number of nitrogens with zero attached hydrogens (tertiary/aromatic N) is 1. The van der Waals surface area contributed by atoms with Gasteiger partial charge in [0.05, 0.1) is 6.61 Å². The lowest BCUT2D eigenvalue weighted by atomic mass is 10.1. The lowest BCUT2D eigenvalue weighted by molar-refractivity contribution is 0.343. The number of pyridine rings is 1. The summed E-state index contributed by atoms with van der Waals surface area (Å²) in [5.74, 6) is 0.847. The Morgan fingerprint density at radius 1 is 1.38 bits per heavy atom. The first kappa shape index (κ1) is 10.7. The van der Waals surface area contributed by atoms with E-state index in [1.54, 1.807) is 0 Å². The molecule has 2 aromatic rings. The van der Waals surface area contributed by atoms with Gasteiger partial charge in [0, 0.05) is 23.8 Å². The highest BCUT2D eigenvalue weighted by molar-refractivity contribution is 5.95. The molecular formula is C13H16N2O. The van der Waals surface area contributed by atoms with E-state index >= 15 is 0 Å². The van der Waals surface area contributed by atoms with E-state index in [9.17, 15) is 0 Å². The molecule has 0 bridgehead atoms. The summed E-state index contributed by atoms with van der Waals surface area (Å²) >= 11 is 0. The molecular weight excluding hydrogens is 200 g/mol. The van der Waals surface area contributed by atoms with Crippen LogP contribution in [-0.4, -0.2) is 18.6 Å². The van der Waals surface area contributed by atoms with Crippen LogP contribution in [0, 0.1) is 6.92 Å². The van der Waals surface area contributed by atoms with Gasteiger partial charge >= 0.3 is 0 Å². The molecule has 1 N–H and O–H groups in total. The molecule has 16 heavy (non-hydrogen) atoms. The molecule has 0 radical (unpaired) electrons. The van der Waals surface area contributed by atoms with Crippen LogP contribution in [0.4, 0.5) is 5.69 Å². The van der Waals surface area contributed by atoms with Crippen LogP contribution in [-0.2, 0) is 0 Å². The van der Waals surface area contributed by atoms with E-state index in [-0.39, 0.29) is 0 Å². The molecule has 0 aliphatic rings. The van der Waals surface area contributed by atoms with Crippen molar-refractivity contribution in [3.63, 3.8) is 0 Å². The van der Waals surface area contributed by atoms with Crippen molar-refractivity contribution in [2.24, 2.45) is 0 Å². The molecule has 2 rings (SSSR count). The Balaban J connectivity index is 2.71. The molecule has 0 aliphatic carbocycles. The quantitative estimate of drug-likeness (QED) is 0.856. The fourth-order valence-electron chi connectivity index (χ4n) is 1.83. The van der Waals surface area contributed by atoms with E-state index in [4.69, 9.17) is 4.74 Å². The second-order valence-corrected chi connectivity index (χ2v) is 3.65. The molecule has 1 aromatic heterocycles. The average Bonchev–Trinajstić information content (AvgIpc) is 2.29. The first-order chi connectivity index (χ1) is 7.76. The summed E-state index contributed by atoms with van der Waals surface area (Å²) in [5.41, 5.74) is 3.00. The third-order valence-electron chi connectivity index (χ3n) is 2.50. The van der Waals surface area contributed by atoms with E-state index in [1.165, 1.54) is 0 Å². The molecule has 0 saturated heterocycles. The maximum Gasteiger partial charge on any atom is 0.145 e. The topological polar surface area (TPSA) is 34.1 Å². The highest BCUT2D eigenvalue weighted by atomic mass is 16.5. The summed E-state index contributed by atoms with van der Waals surface area (Å²) < 4.78 is 5.58. The summed E-state index contributed by atoms with van der Waals surface area (Å²) in [5, 5.41) is 4.28. The van der Waals surface area contributed by atoms with Gasteiger partial charge in [-0.25, -0.2) is 4.98 Å². The molecule has 3 heteroatoms. The number of aromatic nitrogens is 1. The van der Waals surface area contributed by atoms with Gasteiger partial charge in [-0.3, -0.25) is 0 Å². The number of fused-ring (bicyclic) bond motifs is 1. The number of hydrogen-bond donors (Lipinski definition) is 1. The van der Waals surface area contributed by atoms with Crippen molar-refractivity contribution in [1.82, 2.24) is 4.98 Å². The number of benzene rings is 1. The van der Waals surface area contributed by atoms with Gasteiger partial charge in [-0.2, -0.15) is 0 Å². The molecule has 0 atom stereocenters. The molecule has 84 valence electrons. The molecule has 0 saturated carbocycles. The normalized spacial score (nSPS) is 10.4. The van der Waals surface area contributed by atoms with Crippen LogP contribution >= 0.6 is 0 Å². The number of anilines is 1. The Morgan fingerprint density at radius 3 is 2.88 bits per heavy atom. The van der Waals surface area contributed by atoms with Gasteiger partial charge in [0.2, 0.25) is 0 Å². The third kappa shape index (κ3) is 1.81. The number of para-hydroxylation sites is 1. The minimum Gasteiger partial charge on any atom is -0.492 e. The highest BCUT2D eigenvalue weighted by Crippen LogP contribution is 2.29. The van der Waals surface area contributed by atoms with Crippen molar-refractivity contribution in [3.8, 4) is 5.75 Å². The van der Waals surface area contributed by atoms with Crippen molar-refractivity contribution in [1.29, 1.82) is 0 Å². The second-order valence-electron chi connectivity index (χ2n) is 3.65. The van der Waals surface area contributed by atoms with Gasteiger partial charge in [0.1, 0.15) is 11.3 Å². The smallest absolute Gasteiger partial charge is 0.145 e. The number of ether oxygens (including phenoxy) is 1. The molecule has 0 unspecified atom stereocenters. The molecule has 0 amide bonds. The molecule has 0 spiro atoms. The predicted molar refractivity (Wildman–Crippen MR) is 67.2 cm³/mol. The highest BCUT2D eigenvalue weighted by Gasteiger charge is 2.07. The van der Waals surface area contributed by atoms with Crippen molar-refractivity contribution in [2.45, 2.75) is 13.8 Å². The molecule has 0 aliphatic heterocycles. The van der Waals surface area contributed by atoms with E-state index < -0.39 is 0 Å². The standard InChI is InChI=1S/C13H16N2O/c1-4-16-12-7-5-6-10-11(14-3)8-9(2)15-13(10)12/h5-8H,4H2,1-3H3,(H,14,15). The van der Waals surface area contributed by atoms with Gasteiger partial charge in [0.25, 0.3) is 0 Å². The van der Waals surface area contributed by atoms with Crippen LogP contribution in [0.15, 0.2) is 24.3 Å². The zero-order valence-electron chi connectivity index (χ0n) is 9.87. The van der Waals surface area contributed by atoms with Gasteiger partial charge in [-0.1, -0.05) is 12.1 Å². The Morgan fingerprint density at radius 2 is 2.19 bits per heavy atom. The second kappa shape index (κ2) is 4.39. The van der Waals surface area contributed by atoms with E-state index in [1.807, 2.05) is 39.1 Å². The monoisotopic (exact) mass is 216 g/mol. The Bertz CT molecular complexity index is 509. The van der Waals surface area contributed by atoms with Gasteiger partial charge in [-0.15, -0.1) is 0 Å². The van der Waals surface area contributed by atoms with Crippen LogP contribution in [0.5, 0.6) is 5.75 Å². The Hall–Kier alpha value is -1.77.